The molecule has 2 atom stereocenters. The molecule has 1 aliphatic rings. The molecule has 1 saturated heterocycles. The van der Waals surface area contributed by atoms with Crippen molar-refractivity contribution in [1.29, 1.82) is 0 Å². The molecule has 1 aliphatic heterocycles. The molecule has 1 aromatic rings. The van der Waals surface area contributed by atoms with E-state index in [-0.39, 0.29) is 25.4 Å². The second-order valence-electron chi connectivity index (χ2n) is 5.76. The number of carbonyl (C=O) groups is 2. The highest BCUT2D eigenvalue weighted by Gasteiger charge is 2.39. The van der Waals surface area contributed by atoms with Gasteiger partial charge in [-0.2, -0.15) is 4.31 Å². The van der Waals surface area contributed by atoms with Crippen molar-refractivity contribution in [3.63, 3.8) is 0 Å². The van der Waals surface area contributed by atoms with Gasteiger partial charge in [0, 0.05) is 24.7 Å². The normalized spacial score (nSPS) is 22.8. The zero-order valence-corrected chi connectivity index (χ0v) is 13.9. The maximum atomic E-state index is 12.7. The lowest BCUT2D eigenvalue weighted by atomic mass is 10.0. The first-order valence-corrected chi connectivity index (χ1v) is 9.09. The monoisotopic (exact) mass is 340 g/mol. The zero-order valence-electron chi connectivity index (χ0n) is 13.0. The molecule has 126 valence electrons. The van der Waals surface area contributed by atoms with Crippen LogP contribution < -0.4 is 0 Å². The van der Waals surface area contributed by atoms with Crippen molar-refractivity contribution in [3.05, 3.63) is 35.9 Å². The van der Waals surface area contributed by atoms with Gasteiger partial charge in [-0.3, -0.25) is 9.59 Å². The van der Waals surface area contributed by atoms with Crippen molar-refractivity contribution in [2.24, 2.45) is 0 Å². The molecule has 0 unspecified atom stereocenters. The van der Waals surface area contributed by atoms with Gasteiger partial charge in [-0.25, -0.2) is 8.42 Å². The molecule has 0 aliphatic carbocycles. The lowest BCUT2D eigenvalue weighted by molar-refractivity contribution is -0.138. The summed E-state index contributed by atoms with van der Waals surface area (Å²) in [4.78, 5) is 25.3. The second-order valence-corrected chi connectivity index (χ2v) is 7.74. The van der Waals surface area contributed by atoms with E-state index < -0.39 is 28.1 Å². The molecule has 0 aromatic heterocycles. The van der Waals surface area contributed by atoms with Crippen molar-refractivity contribution in [3.8, 4) is 0 Å². The Morgan fingerprint density at radius 2 is 1.83 bits per heavy atom. The lowest BCUT2D eigenvalue weighted by Gasteiger charge is -2.44. The van der Waals surface area contributed by atoms with Gasteiger partial charge in [-0.15, -0.1) is 0 Å². The summed E-state index contributed by atoms with van der Waals surface area (Å²) in [5.74, 6) is -1.35. The number of rotatable bonds is 4. The number of aliphatic carboxylic acids is 1. The first-order chi connectivity index (χ1) is 10.7. The number of hydrogen-bond donors (Lipinski definition) is 1. The van der Waals surface area contributed by atoms with Crippen molar-refractivity contribution >= 4 is 21.9 Å². The molecule has 7 nitrogen and oxygen atoms in total. The Balaban J connectivity index is 2.32. The van der Waals surface area contributed by atoms with E-state index in [1.54, 1.807) is 37.3 Å². The van der Waals surface area contributed by atoms with Gasteiger partial charge in [0.05, 0.1) is 18.7 Å². The van der Waals surface area contributed by atoms with Gasteiger partial charge in [0.25, 0.3) is 5.91 Å². The fraction of sp³-hybridized carbons (Fsp3) is 0.467. The third-order valence-electron chi connectivity index (χ3n) is 3.89. The molecule has 1 aromatic carbocycles. The summed E-state index contributed by atoms with van der Waals surface area (Å²) in [5, 5.41) is 9.11. The topological polar surface area (TPSA) is 95.0 Å². The first-order valence-electron chi connectivity index (χ1n) is 7.24. The number of benzene rings is 1. The summed E-state index contributed by atoms with van der Waals surface area (Å²) in [6, 6.07) is 7.48. The maximum Gasteiger partial charge on any atom is 0.305 e. The molecule has 1 N–H and O–H groups in total. The average Bonchev–Trinajstić information content (AvgIpc) is 2.45. The number of carboxylic acids is 1. The largest absolute Gasteiger partial charge is 0.481 e. The summed E-state index contributed by atoms with van der Waals surface area (Å²) >= 11 is 0. The predicted molar refractivity (Wildman–Crippen MR) is 84.5 cm³/mol. The van der Waals surface area contributed by atoms with Crippen LogP contribution in [0.25, 0.3) is 0 Å². The van der Waals surface area contributed by atoms with E-state index in [1.165, 1.54) is 9.21 Å². The van der Waals surface area contributed by atoms with Crippen LogP contribution in [-0.2, 0) is 14.8 Å². The minimum absolute atomic E-state index is 0.00591. The molecule has 2 rings (SSSR count). The number of hydrogen-bond acceptors (Lipinski definition) is 4. The van der Waals surface area contributed by atoms with Crippen molar-refractivity contribution in [2.75, 3.05) is 19.3 Å². The van der Waals surface area contributed by atoms with E-state index >= 15 is 0 Å². The average molecular weight is 340 g/mol. The summed E-state index contributed by atoms with van der Waals surface area (Å²) in [7, 11) is -3.44. The van der Waals surface area contributed by atoms with Gasteiger partial charge < -0.3 is 10.0 Å². The Hall–Kier alpha value is -1.93. The quantitative estimate of drug-likeness (QED) is 0.868. The number of carbonyl (C=O) groups excluding carboxylic acids is 1. The fourth-order valence-electron chi connectivity index (χ4n) is 2.87. The molecule has 0 spiro atoms. The Morgan fingerprint density at radius 1 is 1.22 bits per heavy atom. The second kappa shape index (κ2) is 6.67. The number of nitrogens with zero attached hydrogens (tertiary/aromatic N) is 2. The summed E-state index contributed by atoms with van der Waals surface area (Å²) in [6.45, 7) is 1.88. The summed E-state index contributed by atoms with van der Waals surface area (Å²) in [6.07, 6.45) is 0.793. The van der Waals surface area contributed by atoms with Crippen LogP contribution in [-0.4, -0.2) is 66.0 Å². The van der Waals surface area contributed by atoms with Crippen LogP contribution in [0.5, 0.6) is 0 Å². The third-order valence-corrected chi connectivity index (χ3v) is 5.12. The number of amides is 1. The summed E-state index contributed by atoms with van der Waals surface area (Å²) < 4.78 is 24.8. The predicted octanol–water partition coefficient (Wildman–Crippen LogP) is 0.636. The van der Waals surface area contributed by atoms with Crippen molar-refractivity contribution < 1.29 is 23.1 Å². The zero-order chi connectivity index (χ0) is 17.2. The van der Waals surface area contributed by atoms with Gasteiger partial charge in [0.15, 0.2) is 0 Å². The molecule has 23 heavy (non-hydrogen) atoms. The Labute approximate surface area is 135 Å². The SMILES string of the molecule is C[C@@H]1CN(S(C)(=O)=O)C[C@@H](CC(=O)O)N1C(=O)c1ccccc1. The molecule has 1 heterocycles. The highest BCUT2D eigenvalue weighted by molar-refractivity contribution is 7.88. The van der Waals surface area contributed by atoms with Crippen LogP contribution in [0.1, 0.15) is 23.7 Å². The molecule has 8 heteroatoms. The minimum Gasteiger partial charge on any atom is -0.481 e. The van der Waals surface area contributed by atoms with Crippen molar-refractivity contribution in [2.45, 2.75) is 25.4 Å². The van der Waals surface area contributed by atoms with Gasteiger partial charge in [-0.05, 0) is 19.1 Å². The van der Waals surface area contributed by atoms with E-state index in [1.807, 2.05) is 0 Å². The highest BCUT2D eigenvalue weighted by atomic mass is 32.2. The first kappa shape index (κ1) is 17.4. The van der Waals surface area contributed by atoms with Gasteiger partial charge in [-0.1, -0.05) is 18.2 Å². The van der Waals surface area contributed by atoms with Crippen LogP contribution >= 0.6 is 0 Å². The standard InChI is InChI=1S/C15H20N2O5S/c1-11-9-16(23(2,21)22)10-13(8-14(18)19)17(11)15(20)12-6-4-3-5-7-12/h3-7,11,13H,8-10H2,1-2H3,(H,18,19)/t11-,13-/m1/s1. The van der Waals surface area contributed by atoms with Crippen LogP contribution in [0.15, 0.2) is 30.3 Å². The van der Waals surface area contributed by atoms with Crippen LogP contribution in [0.4, 0.5) is 0 Å². The van der Waals surface area contributed by atoms with Gasteiger partial charge >= 0.3 is 5.97 Å². The fourth-order valence-corrected chi connectivity index (χ4v) is 3.80. The third kappa shape index (κ3) is 4.08. The molecule has 1 fully saturated rings. The van der Waals surface area contributed by atoms with E-state index in [0.717, 1.165) is 6.26 Å². The van der Waals surface area contributed by atoms with E-state index in [9.17, 15) is 18.0 Å². The Morgan fingerprint density at radius 3 is 2.35 bits per heavy atom. The van der Waals surface area contributed by atoms with Crippen LogP contribution in [0, 0.1) is 0 Å². The molecule has 1 amide bonds. The number of sulfonamides is 1. The van der Waals surface area contributed by atoms with E-state index in [2.05, 4.69) is 0 Å². The number of carboxylic acid groups (broad SMARTS) is 1. The van der Waals surface area contributed by atoms with E-state index in [4.69, 9.17) is 5.11 Å². The van der Waals surface area contributed by atoms with Gasteiger partial charge in [0.1, 0.15) is 0 Å². The Bertz CT molecular complexity index is 689. The highest BCUT2D eigenvalue weighted by Crippen LogP contribution is 2.23. The van der Waals surface area contributed by atoms with Crippen LogP contribution in [0.2, 0.25) is 0 Å². The van der Waals surface area contributed by atoms with Crippen molar-refractivity contribution in [1.82, 2.24) is 9.21 Å². The summed E-state index contributed by atoms with van der Waals surface area (Å²) in [5.41, 5.74) is 0.461. The smallest absolute Gasteiger partial charge is 0.305 e. The molecule has 0 bridgehead atoms. The molecular formula is C15H20N2O5S. The lowest BCUT2D eigenvalue weighted by Crippen LogP contribution is -2.61. The van der Waals surface area contributed by atoms with Crippen LogP contribution in [0.3, 0.4) is 0 Å². The molecule has 0 saturated carbocycles. The van der Waals surface area contributed by atoms with Gasteiger partial charge in [0.2, 0.25) is 10.0 Å². The minimum atomic E-state index is -3.44. The Kier molecular flexibility index (Phi) is 5.06. The maximum absolute atomic E-state index is 12.7. The molecule has 0 radical (unpaired) electrons. The van der Waals surface area contributed by atoms with E-state index in [0.29, 0.717) is 5.56 Å². The number of piperazine rings is 1. The molecular weight excluding hydrogens is 320 g/mol.